The van der Waals surface area contributed by atoms with Crippen molar-refractivity contribution in [2.45, 2.75) is 12.1 Å². The minimum atomic E-state index is -4.68. The highest BCUT2D eigenvalue weighted by Crippen LogP contribution is 2.18. The molecule has 2 fully saturated rings. The summed E-state index contributed by atoms with van der Waals surface area (Å²) in [6, 6.07) is 4.35. The molecule has 0 spiro atoms. The number of urea groups is 2. The van der Waals surface area contributed by atoms with E-state index >= 15 is 0 Å². The van der Waals surface area contributed by atoms with E-state index in [0.717, 1.165) is 4.90 Å². The van der Waals surface area contributed by atoms with Crippen molar-refractivity contribution < 1.29 is 32.1 Å². The third-order valence-corrected chi connectivity index (χ3v) is 5.14. The lowest BCUT2D eigenvalue weighted by molar-refractivity contribution is -0.141. The van der Waals surface area contributed by atoms with Crippen molar-refractivity contribution in [3.8, 4) is 0 Å². The van der Waals surface area contributed by atoms with Crippen LogP contribution in [0, 0.1) is 0 Å². The van der Waals surface area contributed by atoms with Crippen LogP contribution in [0.25, 0.3) is 0 Å². The molecule has 0 aromatic heterocycles. The summed E-state index contributed by atoms with van der Waals surface area (Å²) in [7, 11) is -4.68. The van der Waals surface area contributed by atoms with Gasteiger partial charge in [0, 0.05) is 13.1 Å². The number of benzene rings is 1. The molecule has 3 rings (SSSR count). The fraction of sp³-hybridized carbons (Fsp3) is 0.333. The van der Waals surface area contributed by atoms with Gasteiger partial charge in [-0.1, -0.05) is 30.3 Å². The molecule has 0 saturated carbocycles. The Balaban J connectivity index is 1.72. The molecular formula is C15H17N5O7S. The van der Waals surface area contributed by atoms with Gasteiger partial charge in [0.15, 0.2) is 0 Å². The maximum Gasteiger partial charge on any atom is 0.362 e. The van der Waals surface area contributed by atoms with Gasteiger partial charge in [0.05, 0.1) is 6.54 Å². The average Bonchev–Trinajstić information content (AvgIpc) is 3.07. The Morgan fingerprint density at radius 3 is 2.43 bits per heavy atom. The lowest BCUT2D eigenvalue weighted by atomic mass is 10.0. The normalized spacial score (nSPS) is 20.2. The summed E-state index contributed by atoms with van der Waals surface area (Å²) < 4.78 is 31.1. The Kier molecular flexibility index (Phi) is 5.20. The molecule has 0 radical (unpaired) electrons. The summed E-state index contributed by atoms with van der Waals surface area (Å²) in [6.07, 6.45) is 0. The molecule has 6 amide bonds. The highest BCUT2D eigenvalue weighted by molar-refractivity contribution is 7.84. The molecule has 2 aliphatic rings. The molecule has 0 bridgehead atoms. The summed E-state index contributed by atoms with van der Waals surface area (Å²) >= 11 is 0. The van der Waals surface area contributed by atoms with Crippen LogP contribution in [0.15, 0.2) is 30.3 Å². The smallest absolute Gasteiger partial charge is 0.341 e. The second-order valence-electron chi connectivity index (χ2n) is 6.09. The Bertz CT molecular complexity index is 920. The topological polar surface area (TPSA) is 165 Å². The van der Waals surface area contributed by atoms with Gasteiger partial charge in [0.25, 0.3) is 5.91 Å². The summed E-state index contributed by atoms with van der Waals surface area (Å²) in [5, 5.41) is 7.23. The van der Waals surface area contributed by atoms with Crippen LogP contribution in [0.3, 0.4) is 0 Å². The minimum absolute atomic E-state index is 0.137. The van der Waals surface area contributed by atoms with Crippen LogP contribution in [0.1, 0.15) is 11.6 Å². The van der Waals surface area contributed by atoms with Crippen LogP contribution in [0.5, 0.6) is 0 Å². The maximum atomic E-state index is 12.7. The zero-order chi connectivity index (χ0) is 20.5. The zero-order valence-corrected chi connectivity index (χ0v) is 15.2. The van der Waals surface area contributed by atoms with E-state index in [9.17, 15) is 27.6 Å². The molecule has 0 aliphatic carbocycles. The molecule has 2 atom stereocenters. The van der Waals surface area contributed by atoms with E-state index in [1.165, 1.54) is 0 Å². The minimum Gasteiger partial charge on any atom is -0.341 e. The molecule has 13 heteroatoms. The Labute approximate surface area is 159 Å². The van der Waals surface area contributed by atoms with Crippen LogP contribution in [0.2, 0.25) is 0 Å². The van der Waals surface area contributed by atoms with Crippen LogP contribution in [0.4, 0.5) is 9.59 Å². The SMILES string of the molecule is O=C(N[C@H]1CN(S(=O)(=O)O)C1=O)C(NC(=O)N1CCNC1=O)c1ccccc1. The standard InChI is InChI=1S/C15H17N5O7S/c21-12(17-10-8-20(13(10)22)28(25,26)27)11(9-4-2-1-3-5-9)18-15(24)19-7-6-16-14(19)23/h1-5,10-11H,6-8H2,(H,16,23)(H,17,21)(H,18,24)(H,25,26,27)/t10-,11?/m0/s1. The first-order valence-corrected chi connectivity index (χ1v) is 9.58. The first kappa shape index (κ1) is 19.6. The fourth-order valence-corrected chi connectivity index (χ4v) is 3.47. The second kappa shape index (κ2) is 7.44. The van der Waals surface area contributed by atoms with Crippen molar-refractivity contribution in [2.24, 2.45) is 0 Å². The summed E-state index contributed by atoms with van der Waals surface area (Å²) in [5.41, 5.74) is 0.395. The number of nitrogens with zero attached hydrogens (tertiary/aromatic N) is 2. The number of rotatable bonds is 5. The molecule has 2 aliphatic heterocycles. The largest absolute Gasteiger partial charge is 0.362 e. The number of hydrogen-bond donors (Lipinski definition) is 4. The number of amides is 6. The monoisotopic (exact) mass is 411 g/mol. The van der Waals surface area contributed by atoms with Crippen LogP contribution in [-0.2, 0) is 19.9 Å². The Morgan fingerprint density at radius 1 is 1.21 bits per heavy atom. The predicted molar refractivity (Wildman–Crippen MR) is 93.0 cm³/mol. The molecule has 28 heavy (non-hydrogen) atoms. The Morgan fingerprint density at radius 2 is 1.89 bits per heavy atom. The van der Waals surface area contributed by atoms with Gasteiger partial charge in [0.1, 0.15) is 12.1 Å². The summed E-state index contributed by atoms with van der Waals surface area (Å²) in [4.78, 5) is 49.3. The van der Waals surface area contributed by atoms with Crippen molar-refractivity contribution in [3.63, 3.8) is 0 Å². The van der Waals surface area contributed by atoms with Crippen molar-refractivity contribution in [1.82, 2.24) is 25.2 Å². The van der Waals surface area contributed by atoms with Gasteiger partial charge >= 0.3 is 22.4 Å². The van der Waals surface area contributed by atoms with E-state index in [2.05, 4.69) is 16.0 Å². The maximum absolute atomic E-state index is 12.7. The highest BCUT2D eigenvalue weighted by atomic mass is 32.2. The molecule has 2 heterocycles. The van der Waals surface area contributed by atoms with Crippen LogP contribution in [-0.4, -0.2) is 71.7 Å². The van der Waals surface area contributed by atoms with E-state index in [1.807, 2.05) is 0 Å². The molecule has 1 aromatic carbocycles. The van der Waals surface area contributed by atoms with Gasteiger partial charge in [-0.25, -0.2) is 18.8 Å². The first-order valence-electron chi connectivity index (χ1n) is 8.18. The lowest BCUT2D eigenvalue weighted by Crippen LogP contribution is -2.66. The molecule has 4 N–H and O–H groups in total. The molecule has 2 saturated heterocycles. The average molecular weight is 411 g/mol. The van der Waals surface area contributed by atoms with Crippen molar-refractivity contribution in [1.29, 1.82) is 0 Å². The molecule has 12 nitrogen and oxygen atoms in total. The van der Waals surface area contributed by atoms with E-state index < -0.39 is 52.8 Å². The van der Waals surface area contributed by atoms with E-state index in [4.69, 9.17) is 4.55 Å². The fourth-order valence-electron chi connectivity index (χ4n) is 2.78. The van der Waals surface area contributed by atoms with Gasteiger partial charge in [-0.2, -0.15) is 8.42 Å². The Hall–Kier alpha value is -3.19. The van der Waals surface area contributed by atoms with Crippen molar-refractivity contribution in [3.05, 3.63) is 35.9 Å². The van der Waals surface area contributed by atoms with E-state index in [0.29, 0.717) is 5.56 Å². The third kappa shape index (κ3) is 3.89. The molecule has 150 valence electrons. The van der Waals surface area contributed by atoms with Gasteiger partial charge in [-0.05, 0) is 5.56 Å². The van der Waals surface area contributed by atoms with Crippen LogP contribution >= 0.6 is 0 Å². The first-order chi connectivity index (χ1) is 13.2. The van der Waals surface area contributed by atoms with E-state index in [1.54, 1.807) is 30.3 Å². The number of hydrogen-bond acceptors (Lipinski definition) is 6. The van der Waals surface area contributed by atoms with Crippen molar-refractivity contribution in [2.75, 3.05) is 19.6 Å². The van der Waals surface area contributed by atoms with Gasteiger partial charge in [0.2, 0.25) is 5.91 Å². The highest BCUT2D eigenvalue weighted by Gasteiger charge is 2.45. The summed E-state index contributed by atoms with van der Waals surface area (Å²) in [5.74, 6) is -1.76. The second-order valence-corrected chi connectivity index (χ2v) is 7.42. The lowest BCUT2D eigenvalue weighted by Gasteiger charge is -2.36. The predicted octanol–water partition coefficient (Wildman–Crippen LogP) is -1.41. The third-order valence-electron chi connectivity index (χ3n) is 4.25. The number of imide groups is 1. The number of carbonyl (C=O) groups is 4. The van der Waals surface area contributed by atoms with Crippen LogP contribution < -0.4 is 16.0 Å². The van der Waals surface area contributed by atoms with Gasteiger partial charge < -0.3 is 16.0 Å². The molecule has 1 unspecified atom stereocenters. The zero-order valence-electron chi connectivity index (χ0n) is 14.4. The number of β-lactam (4-membered cyclic amide) rings is 1. The molecular weight excluding hydrogens is 394 g/mol. The number of nitrogens with one attached hydrogen (secondary N) is 3. The number of carbonyl (C=O) groups excluding carboxylic acids is 4. The van der Waals surface area contributed by atoms with Gasteiger partial charge in [-0.15, -0.1) is 0 Å². The van der Waals surface area contributed by atoms with Crippen molar-refractivity contribution >= 4 is 34.2 Å². The summed E-state index contributed by atoms with van der Waals surface area (Å²) in [6.45, 7) is 0.00210. The molecule has 1 aromatic rings. The van der Waals surface area contributed by atoms with Gasteiger partial charge in [-0.3, -0.25) is 14.1 Å². The van der Waals surface area contributed by atoms with E-state index in [-0.39, 0.29) is 17.4 Å². The quantitative estimate of drug-likeness (QED) is 0.341.